The number of aromatic amines is 1. The summed E-state index contributed by atoms with van der Waals surface area (Å²) in [5.41, 5.74) is 4.30. The third-order valence-electron chi connectivity index (χ3n) is 5.65. The summed E-state index contributed by atoms with van der Waals surface area (Å²) in [5, 5.41) is 6.09. The van der Waals surface area contributed by atoms with E-state index in [1.165, 1.54) is 16.7 Å². The van der Waals surface area contributed by atoms with Crippen molar-refractivity contribution in [2.24, 2.45) is 0 Å². The van der Waals surface area contributed by atoms with Gasteiger partial charge in [0, 0.05) is 18.0 Å². The minimum Gasteiger partial charge on any atom is -0.383 e. The molecule has 0 radical (unpaired) electrons. The van der Waals surface area contributed by atoms with Gasteiger partial charge in [0.15, 0.2) is 0 Å². The Labute approximate surface area is 162 Å². The molecule has 0 aliphatic carbocycles. The van der Waals surface area contributed by atoms with Gasteiger partial charge in [-0.1, -0.05) is 59.7 Å². The molecular weight excluding hydrogens is 336 g/mol. The van der Waals surface area contributed by atoms with Crippen molar-refractivity contribution in [1.82, 2.24) is 10.5 Å². The van der Waals surface area contributed by atoms with Crippen LogP contribution in [0, 0.1) is 0 Å². The highest BCUT2D eigenvalue weighted by Crippen LogP contribution is 2.32. The van der Waals surface area contributed by atoms with E-state index >= 15 is 0 Å². The molecule has 1 aliphatic rings. The molecule has 2 heterocycles. The Morgan fingerprint density at radius 2 is 1.63 bits per heavy atom. The zero-order valence-electron chi connectivity index (χ0n) is 17.6. The van der Waals surface area contributed by atoms with E-state index in [0.29, 0.717) is 12.0 Å². The number of piperidine rings is 1. The largest absolute Gasteiger partial charge is 0.383 e. The molecule has 0 unspecified atom stereocenters. The van der Waals surface area contributed by atoms with Gasteiger partial charge in [0.05, 0.1) is 0 Å². The molecule has 1 aromatic heterocycles. The first-order valence-corrected chi connectivity index (χ1v) is 10.1. The number of hydrogen-bond acceptors (Lipinski definition) is 3. The quantitative estimate of drug-likeness (QED) is 0.827. The van der Waals surface area contributed by atoms with E-state index < -0.39 is 0 Å². The molecule has 4 nitrogen and oxygen atoms in total. The lowest BCUT2D eigenvalue weighted by molar-refractivity contribution is 0.292. The Hall–Kier alpha value is -1.81. The Morgan fingerprint density at radius 3 is 2.15 bits per heavy atom. The predicted octanol–water partition coefficient (Wildman–Crippen LogP) is 4.64. The standard InChI is InChI=1S/C23H34N2O2/c1-22(2,3)17-9-15(10-18(13-17)23(4,5)6)11-19-12-16(7-8-24-19)20-14-21(26)25-27-20/h9-10,13-14,16,19,24H,7-8,11-12H2,1-6H3,(H,25,26)/t16-,19-/m1/s1. The Morgan fingerprint density at radius 1 is 1.00 bits per heavy atom. The number of hydrogen-bond donors (Lipinski definition) is 2. The lowest BCUT2D eigenvalue weighted by Crippen LogP contribution is -2.38. The smallest absolute Gasteiger partial charge is 0.280 e. The van der Waals surface area contributed by atoms with Gasteiger partial charge < -0.3 is 9.84 Å². The van der Waals surface area contributed by atoms with Crippen molar-refractivity contribution in [3.63, 3.8) is 0 Å². The van der Waals surface area contributed by atoms with Crippen LogP contribution in [0.2, 0.25) is 0 Å². The van der Waals surface area contributed by atoms with Crippen molar-refractivity contribution in [2.75, 3.05) is 6.54 Å². The second-order valence-electron chi connectivity index (χ2n) is 10.1. The fourth-order valence-corrected chi connectivity index (χ4v) is 3.88. The van der Waals surface area contributed by atoms with Crippen LogP contribution >= 0.6 is 0 Å². The van der Waals surface area contributed by atoms with Crippen molar-refractivity contribution in [1.29, 1.82) is 0 Å². The van der Waals surface area contributed by atoms with Crippen LogP contribution in [0.3, 0.4) is 0 Å². The normalized spacial score (nSPS) is 21.4. The van der Waals surface area contributed by atoms with Gasteiger partial charge in [-0.2, -0.15) is 5.16 Å². The van der Waals surface area contributed by atoms with Crippen LogP contribution in [-0.2, 0) is 17.3 Å². The van der Waals surface area contributed by atoms with Crippen LogP contribution in [0.4, 0.5) is 0 Å². The van der Waals surface area contributed by atoms with E-state index in [4.69, 9.17) is 4.52 Å². The lowest BCUT2D eigenvalue weighted by Gasteiger charge is -2.31. The van der Waals surface area contributed by atoms with Gasteiger partial charge >= 0.3 is 0 Å². The Balaban J connectivity index is 1.82. The molecule has 2 aromatic rings. The molecule has 1 aromatic carbocycles. The molecule has 2 N–H and O–H groups in total. The van der Waals surface area contributed by atoms with Crippen LogP contribution in [-0.4, -0.2) is 17.7 Å². The summed E-state index contributed by atoms with van der Waals surface area (Å²) >= 11 is 0. The van der Waals surface area contributed by atoms with Crippen molar-refractivity contribution < 1.29 is 4.52 Å². The molecule has 1 fully saturated rings. The third-order valence-corrected chi connectivity index (χ3v) is 5.65. The second-order valence-corrected chi connectivity index (χ2v) is 10.1. The molecule has 2 atom stereocenters. The van der Waals surface area contributed by atoms with E-state index in [9.17, 15) is 4.79 Å². The van der Waals surface area contributed by atoms with E-state index in [0.717, 1.165) is 31.6 Å². The molecule has 27 heavy (non-hydrogen) atoms. The average molecular weight is 371 g/mol. The van der Waals surface area contributed by atoms with E-state index in [1.807, 2.05) is 0 Å². The molecule has 0 saturated carbocycles. The van der Waals surface area contributed by atoms with E-state index in [2.05, 4.69) is 70.2 Å². The van der Waals surface area contributed by atoms with Gasteiger partial charge in [0.2, 0.25) is 0 Å². The molecule has 0 bridgehead atoms. The predicted molar refractivity (Wildman–Crippen MR) is 111 cm³/mol. The number of benzene rings is 1. The van der Waals surface area contributed by atoms with Crippen LogP contribution in [0.1, 0.15) is 82.8 Å². The second kappa shape index (κ2) is 7.31. The maximum absolute atomic E-state index is 11.4. The summed E-state index contributed by atoms with van der Waals surface area (Å²) < 4.78 is 5.36. The van der Waals surface area contributed by atoms with Crippen molar-refractivity contribution >= 4 is 0 Å². The number of rotatable bonds is 3. The molecule has 0 amide bonds. The van der Waals surface area contributed by atoms with Gasteiger partial charge in [0.25, 0.3) is 5.56 Å². The van der Waals surface area contributed by atoms with Crippen molar-refractivity contribution in [2.45, 2.75) is 83.6 Å². The van der Waals surface area contributed by atoms with Crippen molar-refractivity contribution in [3.8, 4) is 0 Å². The molecule has 4 heteroatoms. The van der Waals surface area contributed by atoms with Crippen LogP contribution in [0.5, 0.6) is 0 Å². The minimum absolute atomic E-state index is 0.132. The topological polar surface area (TPSA) is 58.0 Å². The first kappa shape index (κ1) is 19.9. The fourth-order valence-electron chi connectivity index (χ4n) is 3.88. The molecule has 0 spiro atoms. The number of H-pyrrole nitrogens is 1. The number of nitrogens with one attached hydrogen (secondary N) is 2. The zero-order valence-corrected chi connectivity index (χ0v) is 17.6. The van der Waals surface area contributed by atoms with Crippen LogP contribution in [0.15, 0.2) is 33.6 Å². The summed E-state index contributed by atoms with van der Waals surface area (Å²) in [6, 6.07) is 9.11. The van der Waals surface area contributed by atoms with Crippen LogP contribution < -0.4 is 10.9 Å². The highest BCUT2D eigenvalue weighted by molar-refractivity contribution is 5.37. The van der Waals surface area contributed by atoms with E-state index in [-0.39, 0.29) is 16.4 Å². The van der Waals surface area contributed by atoms with Crippen LogP contribution in [0.25, 0.3) is 0 Å². The summed E-state index contributed by atoms with van der Waals surface area (Å²) in [7, 11) is 0. The van der Waals surface area contributed by atoms with Gasteiger partial charge in [-0.3, -0.25) is 4.79 Å². The monoisotopic (exact) mass is 370 g/mol. The zero-order chi connectivity index (χ0) is 19.8. The maximum atomic E-state index is 11.4. The summed E-state index contributed by atoms with van der Waals surface area (Å²) in [4.78, 5) is 11.4. The molecular formula is C23H34N2O2. The van der Waals surface area contributed by atoms with Gasteiger partial charge in [-0.15, -0.1) is 0 Å². The average Bonchev–Trinajstić information content (AvgIpc) is 3.00. The third kappa shape index (κ3) is 4.92. The Kier molecular flexibility index (Phi) is 5.40. The molecule has 1 saturated heterocycles. The maximum Gasteiger partial charge on any atom is 0.280 e. The fraction of sp³-hybridized carbons (Fsp3) is 0.609. The summed E-state index contributed by atoms with van der Waals surface area (Å²) in [5.74, 6) is 1.11. The highest BCUT2D eigenvalue weighted by Gasteiger charge is 2.27. The minimum atomic E-state index is -0.146. The number of aromatic nitrogens is 1. The van der Waals surface area contributed by atoms with Gasteiger partial charge in [-0.05, 0) is 53.3 Å². The lowest BCUT2D eigenvalue weighted by atomic mass is 9.78. The Bertz CT molecular complexity index is 801. The summed E-state index contributed by atoms with van der Waals surface area (Å²) in [6.45, 7) is 14.6. The summed E-state index contributed by atoms with van der Waals surface area (Å²) in [6.07, 6.45) is 3.00. The first-order chi connectivity index (χ1) is 12.5. The molecule has 148 valence electrons. The van der Waals surface area contributed by atoms with Gasteiger partial charge in [-0.25, -0.2) is 0 Å². The van der Waals surface area contributed by atoms with E-state index in [1.54, 1.807) is 6.07 Å². The molecule has 1 aliphatic heterocycles. The molecule has 3 rings (SSSR count). The first-order valence-electron chi connectivity index (χ1n) is 10.1. The van der Waals surface area contributed by atoms with Crippen molar-refractivity contribution in [3.05, 3.63) is 57.1 Å². The SMILES string of the molecule is CC(C)(C)c1cc(C[C@@H]2C[C@H](c3cc(=O)[nH]o3)CCN2)cc(C(C)(C)C)c1. The van der Waals surface area contributed by atoms with Gasteiger partial charge in [0.1, 0.15) is 5.76 Å². The highest BCUT2D eigenvalue weighted by atomic mass is 16.5.